The van der Waals surface area contributed by atoms with Gasteiger partial charge in [-0.1, -0.05) is 25.5 Å². The first-order valence-electron chi connectivity index (χ1n) is 6.60. The van der Waals surface area contributed by atoms with Crippen LogP contribution in [0.5, 0.6) is 0 Å². The maximum Gasteiger partial charge on any atom is 0.240 e. The van der Waals surface area contributed by atoms with E-state index in [0.717, 1.165) is 29.7 Å². The molecule has 0 amide bonds. The SMILES string of the molecule is CCCc1ccc(S(=O)(=O)NCc2cn[nH]c2C)cc1. The summed E-state index contributed by atoms with van der Waals surface area (Å²) in [6.45, 7) is 4.19. The second-order valence-electron chi connectivity index (χ2n) is 4.74. The summed E-state index contributed by atoms with van der Waals surface area (Å²) in [4.78, 5) is 0.290. The van der Waals surface area contributed by atoms with Gasteiger partial charge in [0.05, 0.1) is 11.1 Å². The van der Waals surface area contributed by atoms with Crippen molar-refractivity contribution < 1.29 is 8.42 Å². The minimum Gasteiger partial charge on any atom is -0.283 e. The zero-order chi connectivity index (χ0) is 14.6. The number of hydrogen-bond acceptors (Lipinski definition) is 3. The highest BCUT2D eigenvalue weighted by molar-refractivity contribution is 7.89. The third-order valence-corrected chi connectivity index (χ3v) is 4.58. The van der Waals surface area contributed by atoms with E-state index in [1.54, 1.807) is 18.3 Å². The van der Waals surface area contributed by atoms with Crippen LogP contribution in [0.15, 0.2) is 35.4 Å². The Balaban J connectivity index is 2.08. The van der Waals surface area contributed by atoms with Crippen molar-refractivity contribution in [3.8, 4) is 0 Å². The quantitative estimate of drug-likeness (QED) is 0.857. The summed E-state index contributed by atoms with van der Waals surface area (Å²) >= 11 is 0. The van der Waals surface area contributed by atoms with Gasteiger partial charge in [0, 0.05) is 17.8 Å². The van der Waals surface area contributed by atoms with Crippen molar-refractivity contribution in [2.24, 2.45) is 0 Å². The summed E-state index contributed by atoms with van der Waals surface area (Å²) < 4.78 is 26.9. The lowest BCUT2D eigenvalue weighted by molar-refractivity contribution is 0.581. The molecule has 0 radical (unpaired) electrons. The maximum atomic E-state index is 12.2. The Bertz CT molecular complexity index is 660. The van der Waals surface area contributed by atoms with Gasteiger partial charge < -0.3 is 0 Å². The van der Waals surface area contributed by atoms with Crippen molar-refractivity contribution in [3.05, 3.63) is 47.3 Å². The van der Waals surface area contributed by atoms with E-state index in [2.05, 4.69) is 21.8 Å². The molecule has 0 aliphatic carbocycles. The van der Waals surface area contributed by atoms with Crippen LogP contribution in [0.4, 0.5) is 0 Å². The summed E-state index contributed by atoms with van der Waals surface area (Å²) in [7, 11) is -3.48. The molecular formula is C14H19N3O2S. The second-order valence-corrected chi connectivity index (χ2v) is 6.51. The number of H-pyrrole nitrogens is 1. The van der Waals surface area contributed by atoms with Gasteiger partial charge in [-0.05, 0) is 31.0 Å². The van der Waals surface area contributed by atoms with E-state index >= 15 is 0 Å². The fourth-order valence-corrected chi connectivity index (χ4v) is 2.94. The van der Waals surface area contributed by atoms with E-state index in [1.807, 2.05) is 19.1 Å². The van der Waals surface area contributed by atoms with Gasteiger partial charge in [-0.15, -0.1) is 0 Å². The average Bonchev–Trinajstić information content (AvgIpc) is 2.83. The Morgan fingerprint density at radius 3 is 2.50 bits per heavy atom. The van der Waals surface area contributed by atoms with Gasteiger partial charge in [0.1, 0.15) is 0 Å². The zero-order valence-electron chi connectivity index (χ0n) is 11.7. The summed E-state index contributed by atoms with van der Waals surface area (Å²) in [6, 6.07) is 7.02. The Morgan fingerprint density at radius 2 is 1.95 bits per heavy atom. The van der Waals surface area contributed by atoms with Crippen LogP contribution < -0.4 is 4.72 Å². The topological polar surface area (TPSA) is 74.8 Å². The first-order chi connectivity index (χ1) is 9.53. The molecule has 108 valence electrons. The van der Waals surface area contributed by atoms with Crippen LogP contribution in [0.2, 0.25) is 0 Å². The van der Waals surface area contributed by atoms with Crippen LogP contribution in [0, 0.1) is 6.92 Å². The molecule has 0 atom stereocenters. The molecule has 0 saturated carbocycles. The molecule has 1 aromatic heterocycles. The van der Waals surface area contributed by atoms with Crippen molar-refractivity contribution in [2.45, 2.75) is 38.1 Å². The average molecular weight is 293 g/mol. The summed E-state index contributed by atoms with van der Waals surface area (Å²) in [5.41, 5.74) is 2.86. The summed E-state index contributed by atoms with van der Waals surface area (Å²) in [6.07, 6.45) is 3.63. The minimum atomic E-state index is -3.48. The molecule has 1 aromatic carbocycles. The smallest absolute Gasteiger partial charge is 0.240 e. The van der Waals surface area contributed by atoms with E-state index < -0.39 is 10.0 Å². The van der Waals surface area contributed by atoms with E-state index in [0.29, 0.717) is 4.90 Å². The number of benzene rings is 1. The van der Waals surface area contributed by atoms with Crippen LogP contribution in [0.3, 0.4) is 0 Å². The van der Waals surface area contributed by atoms with Crippen molar-refractivity contribution >= 4 is 10.0 Å². The lowest BCUT2D eigenvalue weighted by atomic mass is 10.1. The largest absolute Gasteiger partial charge is 0.283 e. The van der Waals surface area contributed by atoms with Gasteiger partial charge in [-0.2, -0.15) is 5.10 Å². The van der Waals surface area contributed by atoms with E-state index in [9.17, 15) is 8.42 Å². The number of hydrogen-bond donors (Lipinski definition) is 2. The molecule has 0 bridgehead atoms. The number of rotatable bonds is 6. The predicted octanol–water partition coefficient (Wildman–Crippen LogP) is 2.15. The molecule has 0 aliphatic heterocycles. The third-order valence-electron chi connectivity index (χ3n) is 3.16. The van der Waals surface area contributed by atoms with Crippen LogP contribution in [0.25, 0.3) is 0 Å². The molecule has 5 nitrogen and oxygen atoms in total. The minimum absolute atomic E-state index is 0.237. The molecule has 1 heterocycles. The monoisotopic (exact) mass is 293 g/mol. The molecule has 2 N–H and O–H groups in total. The zero-order valence-corrected chi connectivity index (χ0v) is 12.5. The first kappa shape index (κ1) is 14.7. The van der Waals surface area contributed by atoms with Crippen LogP contribution in [0.1, 0.15) is 30.2 Å². The lowest BCUT2D eigenvalue weighted by Gasteiger charge is -2.07. The van der Waals surface area contributed by atoms with E-state index in [4.69, 9.17) is 0 Å². The van der Waals surface area contributed by atoms with Gasteiger partial charge in [-0.25, -0.2) is 13.1 Å². The second kappa shape index (κ2) is 6.19. The van der Waals surface area contributed by atoms with E-state index in [-0.39, 0.29) is 6.54 Å². The van der Waals surface area contributed by atoms with E-state index in [1.165, 1.54) is 0 Å². The molecular weight excluding hydrogens is 274 g/mol. The Kier molecular flexibility index (Phi) is 4.57. The number of sulfonamides is 1. The first-order valence-corrected chi connectivity index (χ1v) is 8.08. The number of nitrogens with zero attached hydrogens (tertiary/aromatic N) is 1. The molecule has 0 unspecified atom stereocenters. The molecule has 0 aliphatic rings. The lowest BCUT2D eigenvalue weighted by Crippen LogP contribution is -2.23. The Hall–Kier alpha value is -1.66. The van der Waals surface area contributed by atoms with Gasteiger partial charge in [0.25, 0.3) is 0 Å². The molecule has 0 saturated heterocycles. The normalized spacial score (nSPS) is 11.7. The number of aromatic nitrogens is 2. The van der Waals surface area contributed by atoms with Crippen LogP contribution in [-0.4, -0.2) is 18.6 Å². The van der Waals surface area contributed by atoms with Crippen LogP contribution in [-0.2, 0) is 23.0 Å². The van der Waals surface area contributed by atoms with Crippen LogP contribution >= 0.6 is 0 Å². The van der Waals surface area contributed by atoms with Gasteiger partial charge in [0.2, 0.25) is 10.0 Å². The fourth-order valence-electron chi connectivity index (χ4n) is 1.93. The molecule has 6 heteroatoms. The molecule has 20 heavy (non-hydrogen) atoms. The summed E-state index contributed by atoms with van der Waals surface area (Å²) in [5, 5.41) is 6.65. The maximum absolute atomic E-state index is 12.2. The standard InChI is InChI=1S/C14H19N3O2S/c1-3-4-12-5-7-14(8-6-12)20(18,19)16-10-13-9-15-17-11(13)2/h5-9,16H,3-4,10H2,1-2H3,(H,15,17). The molecule has 2 rings (SSSR count). The molecule has 0 fully saturated rings. The highest BCUT2D eigenvalue weighted by atomic mass is 32.2. The summed E-state index contributed by atoms with van der Waals surface area (Å²) in [5.74, 6) is 0. The Morgan fingerprint density at radius 1 is 1.25 bits per heavy atom. The predicted molar refractivity (Wildman–Crippen MR) is 77.8 cm³/mol. The van der Waals surface area contributed by atoms with Gasteiger partial charge in [0.15, 0.2) is 0 Å². The number of nitrogens with one attached hydrogen (secondary N) is 2. The molecule has 0 spiro atoms. The van der Waals surface area contributed by atoms with Gasteiger partial charge in [-0.3, -0.25) is 5.10 Å². The highest BCUT2D eigenvalue weighted by Crippen LogP contribution is 2.13. The molecule has 2 aromatic rings. The van der Waals surface area contributed by atoms with Gasteiger partial charge >= 0.3 is 0 Å². The Labute approximate surface area is 119 Å². The fraction of sp³-hybridized carbons (Fsp3) is 0.357. The highest BCUT2D eigenvalue weighted by Gasteiger charge is 2.14. The third kappa shape index (κ3) is 3.46. The number of aromatic amines is 1. The van der Waals surface area contributed by atoms with Crippen molar-refractivity contribution in [3.63, 3.8) is 0 Å². The van der Waals surface area contributed by atoms with Crippen molar-refractivity contribution in [2.75, 3.05) is 0 Å². The van der Waals surface area contributed by atoms with Crippen molar-refractivity contribution in [1.29, 1.82) is 0 Å². The number of aryl methyl sites for hydroxylation is 2. The van der Waals surface area contributed by atoms with Crippen molar-refractivity contribution in [1.82, 2.24) is 14.9 Å².